The van der Waals surface area contributed by atoms with Gasteiger partial charge in [-0.25, -0.2) is 8.42 Å². The average molecular weight is 583 g/mol. The van der Waals surface area contributed by atoms with Crippen molar-refractivity contribution >= 4 is 62.3 Å². The minimum absolute atomic E-state index is 0.0140. The Morgan fingerprint density at radius 3 is 2.05 bits per heavy atom. The predicted octanol–water partition coefficient (Wildman–Crippen LogP) is 5.40. The SMILES string of the molecule is CCNC(=O)[C@H](C)N(Cc1ccc(Cl)cc1)C(=O)CN(c1cc(Cl)cc(Cl)c1)S(=O)(=O)c1ccccc1. The number of nitrogens with one attached hydrogen (secondary N) is 1. The molecule has 11 heteroatoms. The minimum Gasteiger partial charge on any atom is -0.355 e. The van der Waals surface area contributed by atoms with Crippen molar-refractivity contribution in [2.24, 2.45) is 0 Å². The van der Waals surface area contributed by atoms with E-state index < -0.39 is 28.5 Å². The summed E-state index contributed by atoms with van der Waals surface area (Å²) >= 11 is 18.3. The van der Waals surface area contributed by atoms with E-state index in [4.69, 9.17) is 34.8 Å². The third-order valence-electron chi connectivity index (χ3n) is 5.53. The molecule has 0 spiro atoms. The van der Waals surface area contributed by atoms with Crippen LogP contribution >= 0.6 is 34.8 Å². The molecular formula is C26H26Cl3N3O4S. The summed E-state index contributed by atoms with van der Waals surface area (Å²) in [6.45, 7) is 3.20. The molecule has 0 fully saturated rings. The number of benzene rings is 3. The van der Waals surface area contributed by atoms with E-state index in [0.717, 1.165) is 9.87 Å². The fraction of sp³-hybridized carbons (Fsp3) is 0.231. The van der Waals surface area contributed by atoms with Crippen LogP contribution < -0.4 is 9.62 Å². The highest BCUT2D eigenvalue weighted by Crippen LogP contribution is 2.30. The van der Waals surface area contributed by atoms with Gasteiger partial charge in [0.25, 0.3) is 10.0 Å². The lowest BCUT2D eigenvalue weighted by molar-refractivity contribution is -0.139. The molecule has 196 valence electrons. The Labute approximate surface area is 232 Å². The van der Waals surface area contributed by atoms with Gasteiger partial charge >= 0.3 is 0 Å². The summed E-state index contributed by atoms with van der Waals surface area (Å²) in [5.74, 6) is -0.961. The molecule has 0 aliphatic rings. The number of amides is 2. The van der Waals surface area contributed by atoms with Crippen LogP contribution in [0.4, 0.5) is 5.69 Å². The molecule has 7 nitrogen and oxygen atoms in total. The van der Waals surface area contributed by atoms with E-state index in [1.807, 2.05) is 0 Å². The normalized spacial score (nSPS) is 12.0. The Kier molecular flexibility index (Phi) is 9.84. The summed E-state index contributed by atoms with van der Waals surface area (Å²) in [6, 6.07) is 18.0. The Balaban J connectivity index is 2.04. The molecule has 1 atom stereocenters. The van der Waals surface area contributed by atoms with E-state index in [1.54, 1.807) is 56.3 Å². The first kappa shape index (κ1) is 28.8. The van der Waals surface area contributed by atoms with Crippen LogP contribution in [0.15, 0.2) is 77.7 Å². The van der Waals surface area contributed by atoms with E-state index in [-0.39, 0.29) is 33.1 Å². The summed E-state index contributed by atoms with van der Waals surface area (Å²) in [6.07, 6.45) is 0. The van der Waals surface area contributed by atoms with E-state index in [0.29, 0.717) is 11.6 Å². The predicted molar refractivity (Wildman–Crippen MR) is 148 cm³/mol. The summed E-state index contributed by atoms with van der Waals surface area (Å²) < 4.78 is 28.3. The number of halogens is 3. The van der Waals surface area contributed by atoms with Crippen molar-refractivity contribution < 1.29 is 18.0 Å². The highest BCUT2D eigenvalue weighted by atomic mass is 35.5. The van der Waals surface area contributed by atoms with Crippen LogP contribution in [0.5, 0.6) is 0 Å². The molecule has 2 amide bonds. The fourth-order valence-electron chi connectivity index (χ4n) is 3.62. The van der Waals surface area contributed by atoms with E-state index in [9.17, 15) is 18.0 Å². The van der Waals surface area contributed by atoms with Gasteiger partial charge in [0, 0.05) is 28.2 Å². The topological polar surface area (TPSA) is 86.8 Å². The Bertz CT molecular complexity index is 1330. The van der Waals surface area contributed by atoms with Crippen LogP contribution in [0.25, 0.3) is 0 Å². The second kappa shape index (κ2) is 12.6. The molecule has 0 saturated heterocycles. The second-order valence-electron chi connectivity index (χ2n) is 8.17. The number of carbonyl (C=O) groups excluding carboxylic acids is 2. The van der Waals surface area contributed by atoms with Crippen LogP contribution in [0.1, 0.15) is 19.4 Å². The van der Waals surface area contributed by atoms with Crippen molar-refractivity contribution in [3.8, 4) is 0 Å². The largest absolute Gasteiger partial charge is 0.355 e. The number of anilines is 1. The molecule has 3 aromatic rings. The molecule has 0 unspecified atom stereocenters. The maximum atomic E-state index is 13.7. The summed E-state index contributed by atoms with van der Waals surface area (Å²) in [5.41, 5.74) is 0.837. The van der Waals surface area contributed by atoms with Gasteiger partial charge in [-0.1, -0.05) is 65.1 Å². The molecule has 37 heavy (non-hydrogen) atoms. The first-order chi connectivity index (χ1) is 17.5. The van der Waals surface area contributed by atoms with Gasteiger partial charge in [0.2, 0.25) is 11.8 Å². The second-order valence-corrected chi connectivity index (χ2v) is 11.3. The molecule has 0 aromatic heterocycles. The maximum Gasteiger partial charge on any atom is 0.264 e. The van der Waals surface area contributed by atoms with Gasteiger partial charge in [-0.2, -0.15) is 0 Å². The van der Waals surface area contributed by atoms with Crippen LogP contribution in [0, 0.1) is 0 Å². The van der Waals surface area contributed by atoms with Crippen LogP contribution in [0.3, 0.4) is 0 Å². The van der Waals surface area contributed by atoms with Gasteiger partial charge in [0.05, 0.1) is 10.6 Å². The van der Waals surface area contributed by atoms with Crippen molar-refractivity contribution in [1.82, 2.24) is 10.2 Å². The first-order valence-electron chi connectivity index (χ1n) is 11.4. The number of sulfonamides is 1. The minimum atomic E-state index is -4.20. The van der Waals surface area contributed by atoms with Gasteiger partial charge in [-0.3, -0.25) is 13.9 Å². The average Bonchev–Trinajstić information content (AvgIpc) is 2.86. The Morgan fingerprint density at radius 1 is 0.892 bits per heavy atom. The van der Waals surface area contributed by atoms with Crippen molar-refractivity contribution in [1.29, 1.82) is 0 Å². The number of hydrogen-bond donors (Lipinski definition) is 1. The zero-order valence-electron chi connectivity index (χ0n) is 20.2. The quantitative estimate of drug-likeness (QED) is 0.347. The number of nitrogens with zero attached hydrogens (tertiary/aromatic N) is 2. The summed E-state index contributed by atoms with van der Waals surface area (Å²) in [5, 5.41) is 3.65. The highest BCUT2D eigenvalue weighted by Gasteiger charge is 2.32. The molecule has 3 rings (SSSR count). The molecular weight excluding hydrogens is 557 g/mol. The Morgan fingerprint density at radius 2 is 1.49 bits per heavy atom. The monoisotopic (exact) mass is 581 g/mol. The number of hydrogen-bond acceptors (Lipinski definition) is 4. The molecule has 3 aromatic carbocycles. The van der Waals surface area contributed by atoms with Crippen LogP contribution in [-0.2, 0) is 26.2 Å². The van der Waals surface area contributed by atoms with Crippen molar-refractivity contribution in [3.63, 3.8) is 0 Å². The smallest absolute Gasteiger partial charge is 0.264 e. The first-order valence-corrected chi connectivity index (χ1v) is 14.0. The maximum absolute atomic E-state index is 13.7. The summed E-state index contributed by atoms with van der Waals surface area (Å²) in [4.78, 5) is 27.8. The van der Waals surface area contributed by atoms with Gasteiger partial charge in [-0.15, -0.1) is 0 Å². The third kappa shape index (κ3) is 7.38. The highest BCUT2D eigenvalue weighted by molar-refractivity contribution is 7.92. The zero-order chi connectivity index (χ0) is 27.2. The van der Waals surface area contributed by atoms with Crippen molar-refractivity contribution in [2.45, 2.75) is 31.3 Å². The summed E-state index contributed by atoms with van der Waals surface area (Å²) in [7, 11) is -4.20. The molecule has 0 heterocycles. The fourth-order valence-corrected chi connectivity index (χ4v) is 5.68. The number of rotatable bonds is 10. The molecule has 0 aliphatic carbocycles. The lowest BCUT2D eigenvalue weighted by Gasteiger charge is -2.32. The van der Waals surface area contributed by atoms with Gasteiger partial charge in [-0.05, 0) is 61.9 Å². The lowest BCUT2D eigenvalue weighted by atomic mass is 10.1. The van der Waals surface area contributed by atoms with Crippen molar-refractivity contribution in [2.75, 3.05) is 17.4 Å². The van der Waals surface area contributed by atoms with Gasteiger partial charge < -0.3 is 10.2 Å². The van der Waals surface area contributed by atoms with E-state index in [1.165, 1.54) is 35.2 Å². The third-order valence-corrected chi connectivity index (χ3v) is 8.01. The zero-order valence-corrected chi connectivity index (χ0v) is 23.3. The lowest BCUT2D eigenvalue weighted by Crippen LogP contribution is -2.51. The molecule has 1 N–H and O–H groups in total. The molecule has 0 radical (unpaired) electrons. The standard InChI is InChI=1S/C26H26Cl3N3O4S/c1-3-30-26(34)18(2)31(16-19-9-11-20(27)12-10-19)25(33)17-32(23-14-21(28)13-22(29)15-23)37(35,36)24-7-5-4-6-8-24/h4-15,18H,3,16-17H2,1-2H3,(H,30,34)/t18-/m0/s1. The molecule has 0 bridgehead atoms. The van der Waals surface area contributed by atoms with Crippen LogP contribution in [-0.4, -0.2) is 44.3 Å². The Hall–Kier alpha value is -2.78. The van der Waals surface area contributed by atoms with Crippen LogP contribution in [0.2, 0.25) is 15.1 Å². The van der Waals surface area contributed by atoms with Gasteiger partial charge in [0.1, 0.15) is 12.6 Å². The van der Waals surface area contributed by atoms with E-state index in [2.05, 4.69) is 5.32 Å². The molecule has 0 saturated carbocycles. The molecule has 0 aliphatic heterocycles. The van der Waals surface area contributed by atoms with E-state index >= 15 is 0 Å². The van der Waals surface area contributed by atoms with Crippen molar-refractivity contribution in [3.05, 3.63) is 93.4 Å². The number of carbonyl (C=O) groups is 2. The van der Waals surface area contributed by atoms with Gasteiger partial charge in [0.15, 0.2) is 0 Å². The number of likely N-dealkylation sites (N-methyl/N-ethyl adjacent to an activating group) is 1.